The lowest BCUT2D eigenvalue weighted by atomic mass is 10.1. The summed E-state index contributed by atoms with van der Waals surface area (Å²) in [5.41, 5.74) is 3.34. The number of aromatic nitrogens is 2. The van der Waals surface area contributed by atoms with Crippen molar-refractivity contribution in [3.8, 4) is 11.7 Å². The third-order valence-electron chi connectivity index (χ3n) is 3.94. The van der Waals surface area contributed by atoms with E-state index in [2.05, 4.69) is 54.5 Å². The van der Waals surface area contributed by atoms with Gasteiger partial charge in [0.15, 0.2) is 10.9 Å². The summed E-state index contributed by atoms with van der Waals surface area (Å²) >= 11 is 5.62. The Labute approximate surface area is 158 Å². The molecule has 0 saturated carbocycles. The zero-order valence-electron chi connectivity index (χ0n) is 15.2. The lowest BCUT2D eigenvalue weighted by Gasteiger charge is -2.24. The molecule has 2 aromatic heterocycles. The van der Waals surface area contributed by atoms with Crippen molar-refractivity contribution in [1.82, 2.24) is 15.1 Å². The van der Waals surface area contributed by atoms with Gasteiger partial charge in [-0.15, -0.1) is 10.2 Å². The highest BCUT2D eigenvalue weighted by Crippen LogP contribution is 2.20. The van der Waals surface area contributed by atoms with Crippen LogP contribution in [0.4, 0.5) is 5.69 Å². The smallest absolute Gasteiger partial charge is 0.283 e. The Kier molecular flexibility index (Phi) is 5.68. The molecule has 0 spiro atoms. The third kappa shape index (κ3) is 4.29. The Balaban J connectivity index is 1.72. The minimum atomic E-state index is 0.370. The van der Waals surface area contributed by atoms with Crippen LogP contribution in [0, 0.1) is 13.8 Å². The van der Waals surface area contributed by atoms with Crippen molar-refractivity contribution in [2.24, 2.45) is 0 Å². The number of hydrogen-bond acceptors (Lipinski definition) is 5. The molecule has 0 unspecified atom stereocenters. The Morgan fingerprint density at radius 2 is 2.08 bits per heavy atom. The summed E-state index contributed by atoms with van der Waals surface area (Å²) in [6.07, 6.45) is 2.53. The second-order valence-corrected chi connectivity index (χ2v) is 6.54. The van der Waals surface area contributed by atoms with E-state index in [0.29, 0.717) is 29.2 Å². The van der Waals surface area contributed by atoms with E-state index < -0.39 is 0 Å². The fraction of sp³-hybridized carbons (Fsp3) is 0.316. The van der Waals surface area contributed by atoms with E-state index >= 15 is 0 Å². The number of anilines is 1. The molecule has 0 radical (unpaired) electrons. The number of hydrogen-bond donors (Lipinski definition) is 1. The molecule has 0 aliphatic heterocycles. The molecular formula is C19H22N4O2S. The average Bonchev–Trinajstić information content (AvgIpc) is 3.29. The highest BCUT2D eigenvalue weighted by molar-refractivity contribution is 7.80. The number of aryl methyl sites for hydroxylation is 2. The average molecular weight is 370 g/mol. The maximum Gasteiger partial charge on any atom is 0.283 e. The zero-order chi connectivity index (χ0) is 18.5. The van der Waals surface area contributed by atoms with Gasteiger partial charge in [-0.2, -0.15) is 0 Å². The number of thiocarbonyl (C=S) groups is 1. The second kappa shape index (κ2) is 8.14. The molecule has 0 aliphatic rings. The Hall–Kier alpha value is -2.67. The molecule has 0 fully saturated rings. The second-order valence-electron chi connectivity index (χ2n) is 6.15. The van der Waals surface area contributed by atoms with Crippen molar-refractivity contribution in [2.75, 3.05) is 11.9 Å². The van der Waals surface area contributed by atoms with Gasteiger partial charge in [-0.3, -0.25) is 0 Å². The summed E-state index contributed by atoms with van der Waals surface area (Å²) in [6, 6.07) is 9.83. The van der Waals surface area contributed by atoms with Gasteiger partial charge in [0.2, 0.25) is 5.89 Å². The van der Waals surface area contributed by atoms with Gasteiger partial charge >= 0.3 is 0 Å². The molecule has 6 nitrogen and oxygen atoms in total. The van der Waals surface area contributed by atoms with Gasteiger partial charge in [-0.1, -0.05) is 19.1 Å². The Morgan fingerprint density at radius 1 is 1.23 bits per heavy atom. The molecule has 0 atom stereocenters. The largest absolute Gasteiger partial charge is 0.459 e. The zero-order valence-corrected chi connectivity index (χ0v) is 16.0. The molecule has 0 aliphatic carbocycles. The third-order valence-corrected chi connectivity index (χ3v) is 4.30. The van der Waals surface area contributed by atoms with Crippen molar-refractivity contribution < 1.29 is 8.83 Å². The van der Waals surface area contributed by atoms with Crippen LogP contribution in [0.2, 0.25) is 0 Å². The van der Waals surface area contributed by atoms with Crippen LogP contribution in [0.1, 0.15) is 30.4 Å². The molecule has 2 heterocycles. The fourth-order valence-corrected chi connectivity index (χ4v) is 2.83. The molecular weight excluding hydrogens is 348 g/mol. The Morgan fingerprint density at radius 3 is 2.81 bits per heavy atom. The minimum Gasteiger partial charge on any atom is -0.459 e. The lowest BCUT2D eigenvalue weighted by Crippen LogP contribution is -2.35. The van der Waals surface area contributed by atoms with Crippen LogP contribution in [0.15, 0.2) is 45.4 Å². The maximum atomic E-state index is 5.70. The van der Waals surface area contributed by atoms with Gasteiger partial charge in [-0.05, 0) is 61.8 Å². The van der Waals surface area contributed by atoms with Crippen LogP contribution >= 0.6 is 12.2 Å². The molecule has 1 N–H and O–H groups in total. The number of benzene rings is 1. The summed E-state index contributed by atoms with van der Waals surface area (Å²) in [7, 11) is 0. The highest BCUT2D eigenvalue weighted by Gasteiger charge is 2.16. The number of nitrogens with one attached hydrogen (secondary N) is 1. The summed E-state index contributed by atoms with van der Waals surface area (Å²) < 4.78 is 11.0. The SMILES string of the molecule is CCCN(Cc1nnc(-c2ccco2)o1)C(=S)Nc1cc(C)ccc1C. The van der Waals surface area contributed by atoms with E-state index in [1.165, 1.54) is 5.56 Å². The molecule has 3 aromatic rings. The van der Waals surface area contributed by atoms with E-state index in [4.69, 9.17) is 21.1 Å². The standard InChI is InChI=1S/C19H22N4O2S/c1-4-9-23(19(26)20-15-11-13(2)7-8-14(15)3)12-17-21-22-18(25-17)16-6-5-10-24-16/h5-8,10-11H,4,9,12H2,1-3H3,(H,20,26). The molecule has 3 rings (SSSR count). The minimum absolute atomic E-state index is 0.370. The lowest BCUT2D eigenvalue weighted by molar-refractivity contribution is 0.357. The van der Waals surface area contributed by atoms with Crippen molar-refractivity contribution in [3.05, 3.63) is 53.6 Å². The topological polar surface area (TPSA) is 67.3 Å². The van der Waals surface area contributed by atoms with Gasteiger partial charge in [0.05, 0.1) is 12.8 Å². The number of nitrogens with zero attached hydrogens (tertiary/aromatic N) is 3. The molecule has 0 bridgehead atoms. The van der Waals surface area contributed by atoms with Crippen LogP contribution in [-0.2, 0) is 6.54 Å². The summed E-state index contributed by atoms with van der Waals surface area (Å²) in [6.45, 7) is 7.46. The first-order chi connectivity index (χ1) is 12.6. The Bertz CT molecular complexity index is 874. The van der Waals surface area contributed by atoms with Crippen LogP contribution in [0.5, 0.6) is 0 Å². The predicted molar refractivity (Wildman–Crippen MR) is 105 cm³/mol. The van der Waals surface area contributed by atoms with Crippen LogP contribution in [-0.4, -0.2) is 26.8 Å². The maximum absolute atomic E-state index is 5.70. The van der Waals surface area contributed by atoms with Crippen molar-refractivity contribution in [2.45, 2.75) is 33.7 Å². The normalized spacial score (nSPS) is 10.7. The van der Waals surface area contributed by atoms with Gasteiger partial charge in [0, 0.05) is 12.2 Å². The van der Waals surface area contributed by atoms with E-state index in [-0.39, 0.29) is 0 Å². The van der Waals surface area contributed by atoms with Crippen LogP contribution in [0.25, 0.3) is 11.7 Å². The predicted octanol–water partition coefficient (Wildman–Crippen LogP) is 4.56. The van der Waals surface area contributed by atoms with Gasteiger partial charge in [0.1, 0.15) is 0 Å². The quantitative estimate of drug-likeness (QED) is 0.638. The first-order valence-corrected chi connectivity index (χ1v) is 8.97. The summed E-state index contributed by atoms with van der Waals surface area (Å²) in [5, 5.41) is 12.1. The van der Waals surface area contributed by atoms with E-state index in [1.54, 1.807) is 18.4 Å². The summed E-state index contributed by atoms with van der Waals surface area (Å²) in [5.74, 6) is 1.42. The molecule has 1 aromatic carbocycles. The first kappa shape index (κ1) is 18.1. The molecule has 26 heavy (non-hydrogen) atoms. The molecule has 0 amide bonds. The molecule has 7 heteroatoms. The van der Waals surface area contributed by atoms with Crippen molar-refractivity contribution in [3.63, 3.8) is 0 Å². The van der Waals surface area contributed by atoms with Gasteiger partial charge < -0.3 is 19.1 Å². The van der Waals surface area contributed by atoms with Gasteiger partial charge in [0.25, 0.3) is 5.89 Å². The molecule has 0 saturated heterocycles. The summed E-state index contributed by atoms with van der Waals surface area (Å²) in [4.78, 5) is 2.02. The fourth-order valence-electron chi connectivity index (χ4n) is 2.57. The molecule has 136 valence electrons. The number of rotatable bonds is 6. The van der Waals surface area contributed by atoms with Crippen LogP contribution < -0.4 is 5.32 Å². The van der Waals surface area contributed by atoms with E-state index in [9.17, 15) is 0 Å². The van der Waals surface area contributed by atoms with Gasteiger partial charge in [-0.25, -0.2) is 0 Å². The van der Waals surface area contributed by atoms with E-state index in [0.717, 1.165) is 24.2 Å². The van der Waals surface area contributed by atoms with Crippen molar-refractivity contribution >= 4 is 23.0 Å². The first-order valence-electron chi connectivity index (χ1n) is 8.56. The van der Waals surface area contributed by atoms with Crippen molar-refractivity contribution in [1.29, 1.82) is 0 Å². The highest BCUT2D eigenvalue weighted by atomic mass is 32.1. The number of furan rings is 1. The van der Waals surface area contributed by atoms with Crippen LogP contribution in [0.3, 0.4) is 0 Å². The van der Waals surface area contributed by atoms with E-state index in [1.807, 2.05) is 4.90 Å². The monoisotopic (exact) mass is 370 g/mol.